The number of aliphatic hydroxyl groups excluding tert-OH is 1. The van der Waals surface area contributed by atoms with Gasteiger partial charge in [0.1, 0.15) is 5.60 Å². The summed E-state index contributed by atoms with van der Waals surface area (Å²) in [7, 11) is 0. The molecular formula is C20H32O4. The van der Waals surface area contributed by atoms with Crippen LogP contribution in [0.4, 0.5) is 0 Å². The van der Waals surface area contributed by atoms with Crippen LogP contribution in [0.3, 0.4) is 0 Å². The Hall–Kier alpha value is -0.160. The van der Waals surface area contributed by atoms with Crippen molar-refractivity contribution in [2.75, 3.05) is 13.2 Å². The molecule has 2 heterocycles. The Morgan fingerprint density at radius 1 is 1.08 bits per heavy atom. The minimum Gasteiger partial charge on any atom is -0.396 e. The Balaban J connectivity index is 1.55. The summed E-state index contributed by atoms with van der Waals surface area (Å²) in [6.07, 6.45) is 7.44. The van der Waals surface area contributed by atoms with Gasteiger partial charge in [0, 0.05) is 17.4 Å². The van der Waals surface area contributed by atoms with Gasteiger partial charge in [0.15, 0.2) is 0 Å². The SMILES string of the molecule is C[C@@]1(C2CO2)C[C@H]2O[C@@]23[C@](O)(CC[C@H]2[C@](C)(CO)CCC[C@@]23C)C1. The van der Waals surface area contributed by atoms with Gasteiger partial charge >= 0.3 is 0 Å². The largest absolute Gasteiger partial charge is 0.396 e. The molecule has 5 aliphatic rings. The van der Waals surface area contributed by atoms with Crippen molar-refractivity contribution >= 4 is 0 Å². The van der Waals surface area contributed by atoms with Crippen LogP contribution in [0.1, 0.15) is 65.7 Å². The van der Waals surface area contributed by atoms with Crippen molar-refractivity contribution in [2.45, 2.75) is 89.1 Å². The van der Waals surface area contributed by atoms with Crippen LogP contribution in [0, 0.1) is 22.2 Å². The fourth-order valence-electron chi connectivity index (χ4n) is 7.74. The van der Waals surface area contributed by atoms with Crippen molar-refractivity contribution in [3.05, 3.63) is 0 Å². The summed E-state index contributed by atoms with van der Waals surface area (Å²) in [5.74, 6) is 0.440. The van der Waals surface area contributed by atoms with Crippen LogP contribution >= 0.6 is 0 Å². The van der Waals surface area contributed by atoms with Crippen LogP contribution in [0.2, 0.25) is 0 Å². The Bertz CT molecular complexity index is 576. The molecule has 8 atom stereocenters. The van der Waals surface area contributed by atoms with E-state index in [-0.39, 0.29) is 34.6 Å². The van der Waals surface area contributed by atoms with E-state index >= 15 is 0 Å². The van der Waals surface area contributed by atoms with E-state index in [1.807, 2.05) is 0 Å². The fourth-order valence-corrected chi connectivity index (χ4v) is 7.74. The maximum absolute atomic E-state index is 11.8. The first kappa shape index (κ1) is 16.0. The normalized spacial score (nSPS) is 64.6. The van der Waals surface area contributed by atoms with Crippen molar-refractivity contribution in [2.24, 2.45) is 22.2 Å². The smallest absolute Gasteiger partial charge is 0.129 e. The van der Waals surface area contributed by atoms with Crippen molar-refractivity contribution in [3.8, 4) is 0 Å². The maximum atomic E-state index is 11.8. The molecule has 1 spiro atoms. The van der Waals surface area contributed by atoms with Gasteiger partial charge < -0.3 is 19.7 Å². The highest BCUT2D eigenvalue weighted by Gasteiger charge is 2.83. The Labute approximate surface area is 144 Å². The molecule has 1 unspecified atom stereocenters. The van der Waals surface area contributed by atoms with Crippen molar-refractivity contribution in [1.29, 1.82) is 0 Å². The van der Waals surface area contributed by atoms with E-state index < -0.39 is 5.60 Å². The van der Waals surface area contributed by atoms with Gasteiger partial charge in [0.05, 0.1) is 24.4 Å². The summed E-state index contributed by atoms with van der Waals surface area (Å²) in [6.45, 7) is 7.97. The predicted molar refractivity (Wildman–Crippen MR) is 89.5 cm³/mol. The van der Waals surface area contributed by atoms with Crippen LogP contribution in [-0.4, -0.2) is 46.8 Å². The Morgan fingerprint density at radius 2 is 1.83 bits per heavy atom. The topological polar surface area (TPSA) is 65.5 Å². The molecule has 0 aromatic heterocycles. The van der Waals surface area contributed by atoms with Crippen molar-refractivity contribution in [3.63, 3.8) is 0 Å². The highest BCUT2D eigenvalue weighted by Crippen LogP contribution is 2.76. The lowest BCUT2D eigenvalue weighted by Crippen LogP contribution is -2.69. The average molecular weight is 336 g/mol. The number of aliphatic hydroxyl groups is 2. The molecule has 3 saturated carbocycles. The zero-order chi connectivity index (χ0) is 17.0. The second-order valence-corrected chi connectivity index (χ2v) is 10.4. The van der Waals surface area contributed by atoms with Crippen LogP contribution in [0.25, 0.3) is 0 Å². The van der Waals surface area contributed by atoms with Gasteiger partial charge in [-0.1, -0.05) is 27.2 Å². The molecule has 5 rings (SSSR count). The van der Waals surface area contributed by atoms with Gasteiger partial charge in [0.25, 0.3) is 0 Å². The number of hydrogen-bond donors (Lipinski definition) is 2. The molecule has 3 aliphatic carbocycles. The number of epoxide rings is 2. The van der Waals surface area contributed by atoms with Gasteiger partial charge in [-0.2, -0.15) is 0 Å². The average Bonchev–Trinajstić information content (AvgIpc) is 3.38. The summed E-state index contributed by atoms with van der Waals surface area (Å²) >= 11 is 0. The van der Waals surface area contributed by atoms with Crippen LogP contribution in [-0.2, 0) is 9.47 Å². The van der Waals surface area contributed by atoms with Gasteiger partial charge in [-0.05, 0) is 49.9 Å². The minimum absolute atomic E-state index is 0.0217. The second kappa shape index (κ2) is 4.39. The lowest BCUT2D eigenvalue weighted by atomic mass is 9.41. The molecule has 0 bridgehead atoms. The maximum Gasteiger partial charge on any atom is 0.129 e. The number of ether oxygens (including phenoxy) is 2. The standard InChI is InChI=1S/C20H32O4/c1-16(12-21)6-4-7-18(3)13(16)5-8-19(22)11-17(2,15-10-23-15)9-14-20(18,19)24-14/h13-15,21-22H,4-12H2,1-3H3/t13-,14+,15?,16-,17+,18-,19-,20-/m0/s1. The molecule has 2 saturated heterocycles. The third kappa shape index (κ3) is 1.65. The summed E-state index contributed by atoms with van der Waals surface area (Å²) < 4.78 is 12.1. The van der Waals surface area contributed by atoms with Crippen molar-refractivity contribution < 1.29 is 19.7 Å². The first-order valence-corrected chi connectivity index (χ1v) is 9.86. The molecule has 0 aromatic carbocycles. The molecule has 24 heavy (non-hydrogen) atoms. The van der Waals surface area contributed by atoms with Crippen LogP contribution < -0.4 is 0 Å². The Morgan fingerprint density at radius 3 is 2.50 bits per heavy atom. The fraction of sp³-hybridized carbons (Fsp3) is 1.00. The van der Waals surface area contributed by atoms with E-state index in [0.717, 1.165) is 51.6 Å². The zero-order valence-electron chi connectivity index (χ0n) is 15.3. The summed E-state index contributed by atoms with van der Waals surface area (Å²) in [4.78, 5) is 0. The van der Waals surface area contributed by atoms with Crippen LogP contribution in [0.15, 0.2) is 0 Å². The van der Waals surface area contributed by atoms with Gasteiger partial charge in [-0.15, -0.1) is 0 Å². The molecule has 136 valence electrons. The second-order valence-electron chi connectivity index (χ2n) is 10.4. The highest BCUT2D eigenvalue weighted by molar-refractivity contribution is 5.32. The van der Waals surface area contributed by atoms with E-state index in [1.54, 1.807) is 0 Å². The van der Waals surface area contributed by atoms with Crippen LogP contribution in [0.5, 0.6) is 0 Å². The van der Waals surface area contributed by atoms with E-state index in [4.69, 9.17) is 9.47 Å². The number of rotatable bonds is 2. The lowest BCUT2D eigenvalue weighted by Gasteiger charge is -2.63. The molecule has 2 N–H and O–H groups in total. The van der Waals surface area contributed by atoms with E-state index in [2.05, 4.69) is 20.8 Å². The third-order valence-electron chi connectivity index (χ3n) is 8.98. The summed E-state index contributed by atoms with van der Waals surface area (Å²) in [5, 5.41) is 21.9. The molecule has 4 nitrogen and oxygen atoms in total. The molecule has 4 heteroatoms. The number of hydrogen-bond acceptors (Lipinski definition) is 4. The van der Waals surface area contributed by atoms with E-state index in [9.17, 15) is 10.2 Å². The van der Waals surface area contributed by atoms with Gasteiger partial charge in [-0.25, -0.2) is 0 Å². The van der Waals surface area contributed by atoms with Gasteiger partial charge in [0.2, 0.25) is 0 Å². The monoisotopic (exact) mass is 336 g/mol. The van der Waals surface area contributed by atoms with E-state index in [0.29, 0.717) is 12.0 Å². The minimum atomic E-state index is -0.727. The molecular weight excluding hydrogens is 304 g/mol. The quantitative estimate of drug-likeness (QED) is 0.761. The van der Waals surface area contributed by atoms with Crippen molar-refractivity contribution in [1.82, 2.24) is 0 Å². The van der Waals surface area contributed by atoms with E-state index in [1.165, 1.54) is 0 Å². The lowest BCUT2D eigenvalue weighted by molar-refractivity contribution is -0.212. The summed E-state index contributed by atoms with van der Waals surface area (Å²) in [6, 6.07) is 0. The Kier molecular flexibility index (Phi) is 2.93. The molecule has 0 aromatic rings. The number of fused-ring (bicyclic) bond motifs is 1. The predicted octanol–water partition coefficient (Wildman–Crippen LogP) is 2.65. The van der Waals surface area contributed by atoms with Gasteiger partial charge in [-0.3, -0.25) is 0 Å². The summed E-state index contributed by atoms with van der Waals surface area (Å²) in [5.41, 5.74) is -1.10. The molecule has 5 fully saturated rings. The highest BCUT2D eigenvalue weighted by atomic mass is 16.6. The third-order valence-corrected chi connectivity index (χ3v) is 8.98. The molecule has 2 aliphatic heterocycles. The first-order valence-electron chi connectivity index (χ1n) is 9.86. The first-order chi connectivity index (χ1) is 11.2. The molecule has 0 amide bonds. The zero-order valence-corrected chi connectivity index (χ0v) is 15.3. The molecule has 0 radical (unpaired) electrons.